The first-order valence-electron chi connectivity index (χ1n) is 8.10. The highest BCUT2D eigenvalue weighted by molar-refractivity contribution is 5.67. The van der Waals surface area contributed by atoms with Crippen LogP contribution in [0.2, 0.25) is 0 Å². The number of ether oxygens (including phenoxy) is 2. The van der Waals surface area contributed by atoms with Gasteiger partial charge in [0, 0.05) is 32.7 Å². The molecule has 23 heavy (non-hydrogen) atoms. The molecule has 0 aliphatic carbocycles. The van der Waals surface area contributed by atoms with Gasteiger partial charge >= 0.3 is 6.09 Å². The van der Waals surface area contributed by atoms with Crippen LogP contribution < -0.4 is 4.74 Å². The minimum Gasteiger partial charge on any atom is -0.491 e. The maximum atomic E-state index is 11.6. The fraction of sp³-hybridized carbons (Fsp3) is 0.588. The van der Waals surface area contributed by atoms with Gasteiger partial charge < -0.3 is 19.5 Å². The summed E-state index contributed by atoms with van der Waals surface area (Å²) < 4.78 is 10.6. The fourth-order valence-electron chi connectivity index (χ4n) is 2.58. The van der Waals surface area contributed by atoms with Crippen molar-refractivity contribution in [1.29, 1.82) is 0 Å². The number of amides is 1. The number of carbonyl (C=O) groups is 1. The number of nitrogens with zero attached hydrogens (tertiary/aromatic N) is 2. The molecule has 0 aromatic heterocycles. The molecule has 1 unspecified atom stereocenters. The fourth-order valence-corrected chi connectivity index (χ4v) is 2.58. The molecule has 1 heterocycles. The van der Waals surface area contributed by atoms with E-state index in [1.54, 1.807) is 11.8 Å². The van der Waals surface area contributed by atoms with Crippen LogP contribution in [-0.4, -0.2) is 73.0 Å². The van der Waals surface area contributed by atoms with Crippen molar-refractivity contribution in [2.75, 3.05) is 45.9 Å². The minimum atomic E-state index is -0.551. The van der Waals surface area contributed by atoms with Crippen molar-refractivity contribution < 1.29 is 19.4 Å². The van der Waals surface area contributed by atoms with E-state index in [0.29, 0.717) is 26.2 Å². The zero-order chi connectivity index (χ0) is 16.7. The third-order valence-electron chi connectivity index (χ3n) is 3.80. The van der Waals surface area contributed by atoms with E-state index >= 15 is 0 Å². The summed E-state index contributed by atoms with van der Waals surface area (Å²) in [5, 5.41) is 10.1. The number of aliphatic hydroxyl groups excluding tert-OH is 1. The Labute approximate surface area is 137 Å². The summed E-state index contributed by atoms with van der Waals surface area (Å²) in [6.45, 7) is 7.75. The summed E-state index contributed by atoms with van der Waals surface area (Å²) in [5.74, 6) is 0.774. The summed E-state index contributed by atoms with van der Waals surface area (Å²) in [6, 6.07) is 7.78. The number of piperazine rings is 1. The van der Waals surface area contributed by atoms with E-state index in [1.807, 2.05) is 31.2 Å². The van der Waals surface area contributed by atoms with Crippen molar-refractivity contribution in [3.63, 3.8) is 0 Å². The van der Waals surface area contributed by atoms with Crippen LogP contribution in [0.25, 0.3) is 0 Å². The SMILES string of the molecule is CCOC(=O)N1CCN(CC(O)COc2cccc(C)c2)CC1. The average Bonchev–Trinajstić information content (AvgIpc) is 2.54. The Morgan fingerprint density at radius 3 is 2.70 bits per heavy atom. The Morgan fingerprint density at radius 1 is 1.30 bits per heavy atom. The molecule has 1 N–H and O–H groups in total. The molecule has 1 aliphatic rings. The Hall–Kier alpha value is -1.79. The van der Waals surface area contributed by atoms with E-state index in [0.717, 1.165) is 24.4 Å². The second-order valence-corrected chi connectivity index (χ2v) is 5.77. The van der Waals surface area contributed by atoms with Gasteiger partial charge in [0.1, 0.15) is 18.5 Å². The molecule has 1 atom stereocenters. The lowest BCUT2D eigenvalue weighted by atomic mass is 10.2. The van der Waals surface area contributed by atoms with E-state index in [2.05, 4.69) is 4.90 Å². The summed E-state index contributed by atoms with van der Waals surface area (Å²) in [4.78, 5) is 15.5. The van der Waals surface area contributed by atoms with Crippen molar-refractivity contribution in [3.05, 3.63) is 29.8 Å². The highest BCUT2D eigenvalue weighted by Gasteiger charge is 2.23. The third kappa shape index (κ3) is 5.73. The van der Waals surface area contributed by atoms with Crippen LogP contribution in [0, 0.1) is 6.92 Å². The number of hydrogen-bond acceptors (Lipinski definition) is 5. The van der Waals surface area contributed by atoms with Crippen molar-refractivity contribution in [3.8, 4) is 5.75 Å². The first kappa shape index (κ1) is 17.6. The first-order valence-corrected chi connectivity index (χ1v) is 8.10. The Morgan fingerprint density at radius 2 is 2.04 bits per heavy atom. The lowest BCUT2D eigenvalue weighted by molar-refractivity contribution is 0.0407. The van der Waals surface area contributed by atoms with Gasteiger partial charge in [0.2, 0.25) is 0 Å². The van der Waals surface area contributed by atoms with E-state index in [9.17, 15) is 9.90 Å². The molecular weight excluding hydrogens is 296 g/mol. The lowest BCUT2D eigenvalue weighted by Crippen LogP contribution is -2.51. The van der Waals surface area contributed by atoms with Crippen LogP contribution in [0.3, 0.4) is 0 Å². The molecule has 1 saturated heterocycles. The Kier molecular flexibility index (Phi) is 6.67. The maximum Gasteiger partial charge on any atom is 0.409 e. The molecule has 2 rings (SSSR count). The molecule has 0 radical (unpaired) electrons. The monoisotopic (exact) mass is 322 g/mol. The van der Waals surface area contributed by atoms with Crippen molar-refractivity contribution in [1.82, 2.24) is 9.80 Å². The molecule has 1 aromatic carbocycles. The molecule has 128 valence electrons. The predicted octanol–water partition coefficient (Wildman–Crippen LogP) is 1.51. The van der Waals surface area contributed by atoms with E-state index in [1.165, 1.54) is 0 Å². The second kappa shape index (κ2) is 8.74. The number of β-amino-alcohol motifs (C(OH)–C–C–N with tert-alkyl or cyclic N) is 1. The molecule has 0 spiro atoms. The van der Waals surface area contributed by atoms with Gasteiger partial charge in [0.15, 0.2) is 0 Å². The zero-order valence-electron chi connectivity index (χ0n) is 13.9. The van der Waals surface area contributed by atoms with E-state index < -0.39 is 6.10 Å². The van der Waals surface area contributed by atoms with Crippen molar-refractivity contribution in [2.24, 2.45) is 0 Å². The van der Waals surface area contributed by atoms with Crippen LogP contribution in [0.5, 0.6) is 5.75 Å². The molecule has 1 aliphatic heterocycles. The molecule has 0 bridgehead atoms. The summed E-state index contributed by atoms with van der Waals surface area (Å²) in [7, 11) is 0. The Bertz CT molecular complexity index is 501. The van der Waals surface area contributed by atoms with Gasteiger partial charge in [-0.2, -0.15) is 0 Å². The third-order valence-corrected chi connectivity index (χ3v) is 3.80. The molecule has 1 aromatic rings. The maximum absolute atomic E-state index is 11.6. The molecule has 0 saturated carbocycles. The van der Waals surface area contributed by atoms with Gasteiger partial charge in [-0.1, -0.05) is 12.1 Å². The van der Waals surface area contributed by atoms with E-state index in [4.69, 9.17) is 9.47 Å². The van der Waals surface area contributed by atoms with Gasteiger partial charge in [0.05, 0.1) is 6.61 Å². The number of aryl methyl sites for hydroxylation is 1. The molecule has 6 heteroatoms. The van der Waals surface area contributed by atoms with Crippen molar-refractivity contribution >= 4 is 6.09 Å². The van der Waals surface area contributed by atoms with Gasteiger partial charge in [-0.3, -0.25) is 4.90 Å². The molecule has 1 amide bonds. The Balaban J connectivity index is 1.68. The predicted molar refractivity (Wildman–Crippen MR) is 87.7 cm³/mol. The minimum absolute atomic E-state index is 0.254. The molecule has 6 nitrogen and oxygen atoms in total. The number of aliphatic hydroxyl groups is 1. The standard InChI is InChI=1S/C17H26N2O4/c1-3-22-17(21)19-9-7-18(8-10-19)12-15(20)13-23-16-6-4-5-14(2)11-16/h4-6,11,15,20H,3,7-10,12-13H2,1-2H3. The normalized spacial score (nSPS) is 16.9. The van der Waals surface area contributed by atoms with Crippen molar-refractivity contribution in [2.45, 2.75) is 20.0 Å². The highest BCUT2D eigenvalue weighted by atomic mass is 16.6. The number of benzene rings is 1. The van der Waals surface area contributed by atoms with Gasteiger partial charge in [-0.15, -0.1) is 0 Å². The summed E-state index contributed by atoms with van der Waals surface area (Å²) >= 11 is 0. The van der Waals surface area contributed by atoms with Gasteiger partial charge in [-0.25, -0.2) is 4.79 Å². The van der Waals surface area contributed by atoms with Crippen LogP contribution in [0.4, 0.5) is 4.79 Å². The van der Waals surface area contributed by atoms with Gasteiger partial charge in [0.25, 0.3) is 0 Å². The molecular formula is C17H26N2O4. The average molecular weight is 322 g/mol. The topological polar surface area (TPSA) is 62.2 Å². The zero-order valence-corrected chi connectivity index (χ0v) is 13.9. The van der Waals surface area contributed by atoms with Crippen LogP contribution in [0.15, 0.2) is 24.3 Å². The number of rotatable bonds is 6. The number of carbonyl (C=O) groups excluding carboxylic acids is 1. The highest BCUT2D eigenvalue weighted by Crippen LogP contribution is 2.13. The second-order valence-electron chi connectivity index (χ2n) is 5.77. The lowest BCUT2D eigenvalue weighted by Gasteiger charge is -2.34. The van der Waals surface area contributed by atoms with Gasteiger partial charge in [-0.05, 0) is 31.5 Å². The first-order chi connectivity index (χ1) is 11.1. The largest absolute Gasteiger partial charge is 0.491 e. The number of hydrogen-bond donors (Lipinski definition) is 1. The van der Waals surface area contributed by atoms with Crippen LogP contribution in [0.1, 0.15) is 12.5 Å². The van der Waals surface area contributed by atoms with Crippen LogP contribution >= 0.6 is 0 Å². The quantitative estimate of drug-likeness (QED) is 0.860. The summed E-state index contributed by atoms with van der Waals surface area (Å²) in [6.07, 6.45) is -0.805. The summed E-state index contributed by atoms with van der Waals surface area (Å²) in [5.41, 5.74) is 1.13. The smallest absolute Gasteiger partial charge is 0.409 e. The molecule has 1 fully saturated rings. The van der Waals surface area contributed by atoms with Crippen LogP contribution in [-0.2, 0) is 4.74 Å². The van der Waals surface area contributed by atoms with E-state index in [-0.39, 0.29) is 12.7 Å².